The molecular formula is C23H23N8O2+. The topological polar surface area (TPSA) is 130 Å². The van der Waals surface area contributed by atoms with Crippen LogP contribution in [0.2, 0.25) is 0 Å². The molecule has 0 aliphatic carbocycles. The van der Waals surface area contributed by atoms with Gasteiger partial charge in [-0.25, -0.2) is 14.8 Å². The maximum Gasteiger partial charge on any atom is 0.411 e. The lowest BCUT2D eigenvalue weighted by atomic mass is 9.99. The Labute approximate surface area is 195 Å². The number of aliphatic hydroxyl groups is 1. The second kappa shape index (κ2) is 7.99. The molecule has 0 amide bonds. The molecule has 0 fully saturated rings. The predicted molar refractivity (Wildman–Crippen MR) is 122 cm³/mol. The van der Waals surface area contributed by atoms with E-state index in [-0.39, 0.29) is 41.6 Å². The van der Waals surface area contributed by atoms with Gasteiger partial charge in [-0.1, -0.05) is 30.2 Å². The minimum atomic E-state index is -0.571. The zero-order valence-corrected chi connectivity index (χ0v) is 17.8. The van der Waals surface area contributed by atoms with Gasteiger partial charge < -0.3 is 9.67 Å². The number of imidazole rings is 1. The molecule has 4 N–H and O–H groups in total. The first kappa shape index (κ1) is 15.5. The third-order valence-electron chi connectivity index (χ3n) is 5.23. The quantitative estimate of drug-likeness (QED) is 0.416. The maximum absolute atomic E-state index is 13.4. The summed E-state index contributed by atoms with van der Waals surface area (Å²) in [4.78, 5) is 24.8. The van der Waals surface area contributed by atoms with Crippen molar-refractivity contribution in [3.8, 4) is 22.4 Å². The Morgan fingerprint density at radius 3 is 2.70 bits per heavy atom. The van der Waals surface area contributed by atoms with Gasteiger partial charge in [0.25, 0.3) is 0 Å². The smallest absolute Gasteiger partial charge is 0.390 e. The van der Waals surface area contributed by atoms with E-state index >= 15 is 0 Å². The molecule has 0 aliphatic heterocycles. The van der Waals surface area contributed by atoms with Crippen LogP contribution in [0.3, 0.4) is 0 Å². The first-order valence-electron chi connectivity index (χ1n) is 12.5. The minimum Gasteiger partial charge on any atom is -0.390 e. The molecule has 10 nitrogen and oxygen atoms in total. The fraction of sp³-hybridized carbons (Fsp3) is 0.174. The van der Waals surface area contributed by atoms with E-state index in [0.29, 0.717) is 22.8 Å². The Balaban J connectivity index is 1.93. The number of nitrogen functional groups attached to an aromatic ring is 1. The van der Waals surface area contributed by atoms with E-state index in [2.05, 4.69) is 20.1 Å². The number of aliphatic hydroxyl groups excluding tert-OH is 1. The molecule has 0 radical (unpaired) electrons. The molecule has 0 spiro atoms. The maximum atomic E-state index is 13.4. The molecular weight excluding hydrogens is 420 g/mol. The van der Waals surface area contributed by atoms with Crippen LogP contribution in [-0.2, 0) is 20.2 Å². The Hall–Kier alpha value is -4.31. The second-order valence-electron chi connectivity index (χ2n) is 7.46. The second-order valence-corrected chi connectivity index (χ2v) is 7.46. The van der Waals surface area contributed by atoms with Crippen LogP contribution in [0.25, 0.3) is 28.0 Å². The van der Waals surface area contributed by atoms with Gasteiger partial charge in [-0.15, -0.1) is 9.50 Å². The molecule has 4 heterocycles. The van der Waals surface area contributed by atoms with Crippen LogP contribution in [-0.4, -0.2) is 33.8 Å². The molecule has 0 unspecified atom stereocenters. The van der Waals surface area contributed by atoms with Crippen molar-refractivity contribution in [2.75, 3.05) is 5.73 Å². The zero-order chi connectivity index (χ0) is 27.5. The first-order chi connectivity index (χ1) is 18.0. The highest BCUT2D eigenvalue weighted by atomic mass is 16.3. The molecule has 166 valence electrons. The fourth-order valence-corrected chi connectivity index (χ4v) is 3.73. The average molecular weight is 449 g/mol. The number of benzene rings is 1. The molecule has 4 aromatic heterocycles. The van der Waals surface area contributed by atoms with Crippen LogP contribution in [0.4, 0.5) is 5.95 Å². The first-order valence-corrected chi connectivity index (χ1v) is 10.00. The number of rotatable bonds is 5. The van der Waals surface area contributed by atoms with Crippen LogP contribution in [0.5, 0.6) is 0 Å². The SMILES string of the molecule is [2H]c1c([2H])c([2H])c(-c2[nH+]c(N)n3c(=O)n(Cc4nccn4C)nc3c2-c2cc(C)nc(CO)c2)c([2H])c1[2H]. The van der Waals surface area contributed by atoms with Gasteiger partial charge in [0, 0.05) is 30.7 Å². The van der Waals surface area contributed by atoms with Gasteiger partial charge in [0.1, 0.15) is 18.1 Å². The number of fused-ring (bicyclic) bond motifs is 1. The Morgan fingerprint density at radius 1 is 1.21 bits per heavy atom. The van der Waals surface area contributed by atoms with E-state index in [1.54, 1.807) is 43.1 Å². The third kappa shape index (κ3) is 3.56. The number of anilines is 1. The number of hydrogen-bond acceptors (Lipinski definition) is 6. The summed E-state index contributed by atoms with van der Waals surface area (Å²) in [6, 6.07) is 0.738. The molecule has 0 saturated carbocycles. The number of aromatic amines is 1. The number of aryl methyl sites for hydroxylation is 2. The molecule has 5 rings (SSSR count). The standard InChI is InChI=1S/C23H22N8O2/c1-14-10-16(11-17(13-32)26-14)19-20(15-6-4-3-5-7-15)27-22(24)31-21(19)28-30(23(31)33)12-18-25-8-9-29(18)2/h3-11,32H,12-13H2,1-2H3,(H2,24,27)/p+1/i3D,4D,5D,6D,7D. The van der Waals surface area contributed by atoms with E-state index in [1.807, 2.05) is 0 Å². The fourth-order valence-electron chi connectivity index (χ4n) is 3.73. The number of nitrogens with two attached hydrogens (primary N) is 1. The number of hydrogen-bond donors (Lipinski definition) is 2. The van der Waals surface area contributed by atoms with E-state index in [0.717, 1.165) is 4.40 Å². The van der Waals surface area contributed by atoms with Crippen LogP contribution in [0.1, 0.15) is 24.1 Å². The summed E-state index contributed by atoms with van der Waals surface area (Å²) >= 11 is 0. The number of H-pyrrole nitrogens is 1. The molecule has 1 aromatic carbocycles. The Kier molecular flexibility index (Phi) is 3.75. The highest BCUT2D eigenvalue weighted by Crippen LogP contribution is 2.33. The lowest BCUT2D eigenvalue weighted by Crippen LogP contribution is -2.28. The van der Waals surface area contributed by atoms with E-state index in [1.165, 1.54) is 4.68 Å². The van der Waals surface area contributed by atoms with Crippen molar-refractivity contribution in [2.45, 2.75) is 20.1 Å². The van der Waals surface area contributed by atoms with Crippen molar-refractivity contribution >= 4 is 11.6 Å². The van der Waals surface area contributed by atoms with Crippen LogP contribution in [0, 0.1) is 6.92 Å². The van der Waals surface area contributed by atoms with Crippen molar-refractivity contribution in [2.24, 2.45) is 7.05 Å². The average Bonchev–Trinajstić information content (AvgIpc) is 3.44. The monoisotopic (exact) mass is 448 g/mol. The van der Waals surface area contributed by atoms with Crippen molar-refractivity contribution in [1.29, 1.82) is 0 Å². The largest absolute Gasteiger partial charge is 0.411 e. The van der Waals surface area contributed by atoms with Gasteiger partial charge in [0.15, 0.2) is 0 Å². The zero-order valence-electron chi connectivity index (χ0n) is 22.8. The van der Waals surface area contributed by atoms with Crippen molar-refractivity contribution in [1.82, 2.24) is 28.7 Å². The highest BCUT2D eigenvalue weighted by molar-refractivity contribution is 5.88. The van der Waals surface area contributed by atoms with Gasteiger partial charge in [0.2, 0.25) is 5.65 Å². The van der Waals surface area contributed by atoms with E-state index in [4.69, 9.17) is 12.6 Å². The van der Waals surface area contributed by atoms with Crippen molar-refractivity contribution in [3.05, 3.63) is 82.4 Å². The molecule has 33 heavy (non-hydrogen) atoms. The van der Waals surface area contributed by atoms with Crippen molar-refractivity contribution in [3.63, 3.8) is 0 Å². The molecule has 0 aliphatic rings. The van der Waals surface area contributed by atoms with Crippen LogP contribution < -0.4 is 16.4 Å². The number of pyridine rings is 1. The predicted octanol–water partition coefficient (Wildman–Crippen LogP) is 1.20. The number of nitrogens with zero attached hydrogens (tertiary/aromatic N) is 6. The lowest BCUT2D eigenvalue weighted by Gasteiger charge is -2.10. The van der Waals surface area contributed by atoms with Crippen LogP contribution in [0.15, 0.2) is 59.5 Å². The summed E-state index contributed by atoms with van der Waals surface area (Å²) in [5.41, 5.74) is 7.27. The third-order valence-corrected chi connectivity index (χ3v) is 5.23. The molecule has 5 aromatic rings. The molecule has 0 bridgehead atoms. The van der Waals surface area contributed by atoms with Crippen molar-refractivity contribution < 1.29 is 16.9 Å². The van der Waals surface area contributed by atoms with Gasteiger partial charge >= 0.3 is 11.6 Å². The molecule has 0 saturated heterocycles. The van der Waals surface area contributed by atoms with E-state index < -0.39 is 35.9 Å². The summed E-state index contributed by atoms with van der Waals surface area (Å²) in [6.45, 7) is 1.38. The molecule has 0 atom stereocenters. The minimum absolute atomic E-state index is 0.0319. The van der Waals surface area contributed by atoms with Crippen LogP contribution >= 0.6 is 0 Å². The summed E-state index contributed by atoms with van der Waals surface area (Å²) in [5, 5.41) is 14.3. The van der Waals surface area contributed by atoms with Gasteiger partial charge in [-0.05, 0) is 24.6 Å². The normalized spacial score (nSPS) is 13.5. The van der Waals surface area contributed by atoms with E-state index in [9.17, 15) is 9.90 Å². The van der Waals surface area contributed by atoms with Gasteiger partial charge in [-0.2, -0.15) is 4.68 Å². The highest BCUT2D eigenvalue weighted by Gasteiger charge is 2.26. The number of nitrogens with one attached hydrogen (secondary N) is 1. The number of aromatic nitrogens is 7. The molecule has 10 heteroatoms. The Bertz CT molecular complexity index is 1780. The van der Waals surface area contributed by atoms with Gasteiger partial charge in [0.05, 0.1) is 24.7 Å². The van der Waals surface area contributed by atoms with Gasteiger partial charge in [-0.3, -0.25) is 10.7 Å². The summed E-state index contributed by atoms with van der Waals surface area (Å²) in [5.74, 6) is 0.405. The lowest BCUT2D eigenvalue weighted by molar-refractivity contribution is -0.351. The summed E-state index contributed by atoms with van der Waals surface area (Å²) in [6.07, 6.45) is 3.33. The summed E-state index contributed by atoms with van der Waals surface area (Å²) < 4.78 is 45.5. The summed E-state index contributed by atoms with van der Waals surface area (Å²) in [7, 11) is 1.78. The Morgan fingerprint density at radius 2 is 2.00 bits per heavy atom.